The van der Waals surface area contributed by atoms with Crippen LogP contribution in [0.1, 0.15) is 16.2 Å². The summed E-state index contributed by atoms with van der Waals surface area (Å²) in [6.07, 6.45) is 1.19. The molecule has 1 aliphatic heterocycles. The molecule has 26 heavy (non-hydrogen) atoms. The summed E-state index contributed by atoms with van der Waals surface area (Å²) in [5, 5.41) is 6.88. The quantitative estimate of drug-likeness (QED) is 0.604. The van der Waals surface area contributed by atoms with E-state index in [2.05, 4.69) is 57.8 Å². The topological polar surface area (TPSA) is 48.9 Å². The van der Waals surface area contributed by atoms with Crippen molar-refractivity contribution in [2.24, 2.45) is 10.9 Å². The van der Waals surface area contributed by atoms with E-state index in [9.17, 15) is 0 Å². The van der Waals surface area contributed by atoms with Gasteiger partial charge in [-0.15, -0.1) is 11.3 Å². The Balaban J connectivity index is 1.45. The smallest absolute Gasteiger partial charge is 0.191 e. The van der Waals surface area contributed by atoms with Crippen molar-refractivity contribution in [2.45, 2.75) is 19.9 Å². The number of nitrogens with zero attached hydrogens (tertiary/aromatic N) is 2. The number of guanidine groups is 1. The van der Waals surface area contributed by atoms with Gasteiger partial charge < -0.3 is 20.3 Å². The van der Waals surface area contributed by atoms with E-state index in [4.69, 9.17) is 4.74 Å². The minimum atomic E-state index is 0.615. The average molecular weight is 373 g/mol. The van der Waals surface area contributed by atoms with Gasteiger partial charge in [0.1, 0.15) is 5.75 Å². The fourth-order valence-electron chi connectivity index (χ4n) is 3.25. The number of hydrogen-bond acceptors (Lipinski definition) is 4. The van der Waals surface area contributed by atoms with Crippen molar-refractivity contribution < 1.29 is 4.74 Å². The highest BCUT2D eigenvalue weighted by atomic mass is 32.1. The van der Waals surface area contributed by atoms with Crippen molar-refractivity contribution in [1.82, 2.24) is 10.6 Å². The van der Waals surface area contributed by atoms with E-state index >= 15 is 0 Å². The Morgan fingerprint density at radius 3 is 2.92 bits per heavy atom. The Labute approximate surface area is 160 Å². The van der Waals surface area contributed by atoms with Crippen molar-refractivity contribution in [3.8, 4) is 5.75 Å². The lowest BCUT2D eigenvalue weighted by Crippen LogP contribution is -2.39. The van der Waals surface area contributed by atoms with E-state index in [1.165, 1.54) is 21.9 Å². The molecule has 1 unspecified atom stereocenters. The van der Waals surface area contributed by atoms with Crippen LogP contribution in [0.3, 0.4) is 0 Å². The van der Waals surface area contributed by atoms with Crippen LogP contribution in [-0.2, 0) is 6.54 Å². The molecule has 0 saturated carbocycles. The van der Waals surface area contributed by atoms with E-state index in [-0.39, 0.29) is 0 Å². The molecule has 1 aromatic carbocycles. The molecule has 2 aromatic rings. The maximum Gasteiger partial charge on any atom is 0.191 e. The van der Waals surface area contributed by atoms with Crippen LogP contribution in [0.5, 0.6) is 5.75 Å². The maximum absolute atomic E-state index is 5.34. The molecule has 5 nitrogen and oxygen atoms in total. The molecule has 1 saturated heterocycles. The fourth-order valence-corrected chi connectivity index (χ4v) is 4.08. The molecule has 1 atom stereocenters. The minimum Gasteiger partial charge on any atom is -0.497 e. The van der Waals surface area contributed by atoms with Gasteiger partial charge in [-0.2, -0.15) is 0 Å². The standard InChI is InChI=1S/C20H28N4OS/c1-15-7-8-19(26-15)13-23-20(21-2)22-12-16-9-10-24(14-16)17-5-4-6-18(11-17)25-3/h4-8,11,16H,9-10,12-14H2,1-3H3,(H2,21,22,23). The maximum atomic E-state index is 5.34. The number of methoxy groups -OCH3 is 1. The predicted octanol–water partition coefficient (Wildman–Crippen LogP) is 3.26. The van der Waals surface area contributed by atoms with Gasteiger partial charge in [0, 0.05) is 48.2 Å². The Bertz CT molecular complexity index is 743. The third-order valence-electron chi connectivity index (χ3n) is 4.71. The lowest BCUT2D eigenvalue weighted by atomic mass is 10.1. The van der Waals surface area contributed by atoms with Gasteiger partial charge >= 0.3 is 0 Å². The van der Waals surface area contributed by atoms with Gasteiger partial charge in [-0.25, -0.2) is 0 Å². The molecular weight excluding hydrogens is 344 g/mol. The summed E-state index contributed by atoms with van der Waals surface area (Å²) in [5.41, 5.74) is 1.24. The zero-order valence-electron chi connectivity index (χ0n) is 15.8. The van der Waals surface area contributed by atoms with Crippen molar-refractivity contribution >= 4 is 23.0 Å². The van der Waals surface area contributed by atoms with Gasteiger partial charge in [-0.3, -0.25) is 4.99 Å². The molecule has 2 heterocycles. The number of anilines is 1. The zero-order valence-corrected chi connectivity index (χ0v) is 16.6. The second-order valence-corrected chi connectivity index (χ2v) is 7.99. The number of hydrogen-bond donors (Lipinski definition) is 2. The molecule has 140 valence electrons. The van der Waals surface area contributed by atoms with Crippen LogP contribution < -0.4 is 20.3 Å². The summed E-state index contributed by atoms with van der Waals surface area (Å²) >= 11 is 1.82. The Morgan fingerprint density at radius 1 is 1.31 bits per heavy atom. The molecule has 1 aromatic heterocycles. The van der Waals surface area contributed by atoms with Gasteiger partial charge in [0.15, 0.2) is 5.96 Å². The van der Waals surface area contributed by atoms with E-state index in [1.807, 2.05) is 24.5 Å². The summed E-state index contributed by atoms with van der Waals surface area (Å²) in [7, 11) is 3.54. The lowest BCUT2D eigenvalue weighted by Gasteiger charge is -2.20. The molecule has 3 rings (SSSR count). The number of nitrogens with one attached hydrogen (secondary N) is 2. The second kappa shape index (κ2) is 8.94. The molecule has 0 bridgehead atoms. The molecule has 0 aliphatic carbocycles. The van der Waals surface area contributed by atoms with Gasteiger partial charge in [-0.1, -0.05) is 6.07 Å². The van der Waals surface area contributed by atoms with Gasteiger partial charge in [0.25, 0.3) is 0 Å². The number of benzene rings is 1. The molecule has 0 spiro atoms. The van der Waals surface area contributed by atoms with Gasteiger partial charge in [0.2, 0.25) is 0 Å². The summed E-state index contributed by atoms with van der Waals surface area (Å²) in [4.78, 5) is 9.44. The Kier molecular flexibility index (Phi) is 6.39. The summed E-state index contributed by atoms with van der Waals surface area (Å²) in [6.45, 7) is 6.03. The van der Waals surface area contributed by atoms with E-state index < -0.39 is 0 Å². The van der Waals surface area contributed by atoms with Crippen molar-refractivity contribution in [3.05, 3.63) is 46.2 Å². The third kappa shape index (κ3) is 4.91. The van der Waals surface area contributed by atoms with Crippen LogP contribution >= 0.6 is 11.3 Å². The largest absolute Gasteiger partial charge is 0.497 e. The SMILES string of the molecule is CN=C(NCc1ccc(C)s1)NCC1CCN(c2cccc(OC)c2)C1. The number of aryl methyl sites for hydroxylation is 1. The first-order valence-electron chi connectivity index (χ1n) is 9.06. The molecule has 0 radical (unpaired) electrons. The van der Waals surface area contributed by atoms with E-state index in [1.54, 1.807) is 7.11 Å². The molecule has 1 fully saturated rings. The van der Waals surface area contributed by atoms with E-state index in [0.29, 0.717) is 5.92 Å². The molecule has 6 heteroatoms. The van der Waals surface area contributed by atoms with Crippen LogP contribution in [0.15, 0.2) is 41.4 Å². The Morgan fingerprint density at radius 2 is 2.19 bits per heavy atom. The zero-order chi connectivity index (χ0) is 18.4. The van der Waals surface area contributed by atoms with Crippen LogP contribution in [0.4, 0.5) is 5.69 Å². The van der Waals surface area contributed by atoms with Crippen LogP contribution in [0.2, 0.25) is 0 Å². The molecule has 0 amide bonds. The van der Waals surface area contributed by atoms with Crippen LogP contribution in [-0.4, -0.2) is 39.8 Å². The highest BCUT2D eigenvalue weighted by molar-refractivity contribution is 7.11. The van der Waals surface area contributed by atoms with Crippen molar-refractivity contribution in [3.63, 3.8) is 0 Å². The van der Waals surface area contributed by atoms with Crippen LogP contribution in [0, 0.1) is 12.8 Å². The van der Waals surface area contributed by atoms with Crippen molar-refractivity contribution in [2.75, 3.05) is 38.7 Å². The number of thiophene rings is 1. The van der Waals surface area contributed by atoms with Gasteiger partial charge in [0.05, 0.1) is 13.7 Å². The molecule has 1 aliphatic rings. The second-order valence-electron chi connectivity index (χ2n) is 6.62. The highest BCUT2D eigenvalue weighted by Gasteiger charge is 2.23. The van der Waals surface area contributed by atoms with Gasteiger partial charge in [-0.05, 0) is 43.5 Å². The van der Waals surface area contributed by atoms with Crippen LogP contribution in [0.25, 0.3) is 0 Å². The lowest BCUT2D eigenvalue weighted by molar-refractivity contribution is 0.415. The number of ether oxygens (including phenoxy) is 1. The van der Waals surface area contributed by atoms with Crippen molar-refractivity contribution in [1.29, 1.82) is 0 Å². The molecule has 2 N–H and O–H groups in total. The first-order valence-corrected chi connectivity index (χ1v) is 9.88. The number of rotatable bonds is 6. The molecular formula is C20H28N4OS. The first-order chi connectivity index (χ1) is 12.7. The number of aliphatic imine (C=N–C) groups is 1. The average Bonchev–Trinajstić information content (AvgIpc) is 3.31. The monoisotopic (exact) mass is 372 g/mol. The first kappa shape index (κ1) is 18.6. The normalized spacial score (nSPS) is 17.4. The highest BCUT2D eigenvalue weighted by Crippen LogP contribution is 2.26. The van der Waals surface area contributed by atoms with E-state index in [0.717, 1.165) is 37.9 Å². The summed E-state index contributed by atoms with van der Waals surface area (Å²) in [5.74, 6) is 2.40. The summed E-state index contributed by atoms with van der Waals surface area (Å²) in [6, 6.07) is 12.6. The predicted molar refractivity (Wildman–Crippen MR) is 111 cm³/mol. The fraction of sp³-hybridized carbons (Fsp3) is 0.450. The third-order valence-corrected chi connectivity index (χ3v) is 5.71. The minimum absolute atomic E-state index is 0.615. The summed E-state index contributed by atoms with van der Waals surface area (Å²) < 4.78 is 5.34. The Hall–Kier alpha value is -2.21.